The lowest BCUT2D eigenvalue weighted by atomic mass is 9.88. The van der Waals surface area contributed by atoms with E-state index in [4.69, 9.17) is 9.84 Å². The smallest absolute Gasteiger partial charge is 0.328 e. The highest BCUT2D eigenvalue weighted by atomic mass is 16.5. The number of rotatable bonds is 8. The van der Waals surface area contributed by atoms with Crippen LogP contribution in [0.5, 0.6) is 0 Å². The first kappa shape index (κ1) is 24.7. The Labute approximate surface area is 206 Å². The molecule has 4 rings (SSSR count). The molecule has 0 bridgehead atoms. The Morgan fingerprint density at radius 1 is 0.971 bits per heavy atom. The first-order valence-electron chi connectivity index (χ1n) is 12.6. The number of carboxylic acids is 1. The molecule has 35 heavy (non-hydrogen) atoms. The number of nitrogens with zero attached hydrogens (tertiary/aromatic N) is 1. The highest BCUT2D eigenvalue weighted by molar-refractivity contribution is 5.95. The van der Waals surface area contributed by atoms with Crippen LogP contribution in [-0.4, -0.2) is 29.6 Å². The summed E-state index contributed by atoms with van der Waals surface area (Å²) >= 11 is 0. The van der Waals surface area contributed by atoms with E-state index in [9.17, 15) is 14.4 Å². The van der Waals surface area contributed by atoms with E-state index in [1.165, 1.54) is 6.42 Å². The van der Waals surface area contributed by atoms with Crippen LogP contribution in [0, 0.1) is 11.8 Å². The number of hydrogen-bond donors (Lipinski definition) is 1. The van der Waals surface area contributed by atoms with Gasteiger partial charge in [0.05, 0.1) is 19.1 Å². The molecule has 184 valence electrons. The summed E-state index contributed by atoms with van der Waals surface area (Å²) in [4.78, 5) is 38.4. The molecular weight excluding hydrogens is 442 g/mol. The van der Waals surface area contributed by atoms with Crippen molar-refractivity contribution in [2.75, 3.05) is 11.5 Å². The Hall–Kier alpha value is -3.41. The van der Waals surface area contributed by atoms with Gasteiger partial charge < -0.3 is 14.7 Å². The highest BCUT2D eigenvalue weighted by Crippen LogP contribution is 2.29. The molecule has 1 saturated heterocycles. The Morgan fingerprint density at radius 2 is 1.71 bits per heavy atom. The van der Waals surface area contributed by atoms with E-state index in [1.807, 2.05) is 53.4 Å². The molecule has 1 amide bonds. The molecule has 1 heterocycles. The van der Waals surface area contributed by atoms with Gasteiger partial charge in [-0.3, -0.25) is 9.59 Å². The number of carbonyl (C=O) groups excluding carboxylic acids is 2. The van der Waals surface area contributed by atoms with E-state index in [0.717, 1.165) is 67.0 Å². The van der Waals surface area contributed by atoms with Crippen molar-refractivity contribution in [1.29, 1.82) is 0 Å². The number of benzene rings is 2. The van der Waals surface area contributed by atoms with E-state index >= 15 is 0 Å². The minimum Gasteiger partial charge on any atom is -0.478 e. The Kier molecular flexibility index (Phi) is 8.35. The van der Waals surface area contributed by atoms with Crippen molar-refractivity contribution in [3.05, 3.63) is 71.3 Å². The van der Waals surface area contributed by atoms with Crippen LogP contribution in [0.2, 0.25) is 0 Å². The van der Waals surface area contributed by atoms with E-state index < -0.39 is 5.97 Å². The maximum atomic E-state index is 13.6. The largest absolute Gasteiger partial charge is 0.478 e. The first-order valence-corrected chi connectivity index (χ1v) is 12.6. The van der Waals surface area contributed by atoms with Crippen LogP contribution < -0.4 is 4.90 Å². The highest BCUT2D eigenvalue weighted by Gasteiger charge is 2.28. The number of cyclic esters (lactones) is 1. The maximum absolute atomic E-state index is 13.6. The summed E-state index contributed by atoms with van der Waals surface area (Å²) < 4.78 is 5.19. The van der Waals surface area contributed by atoms with E-state index in [0.29, 0.717) is 19.6 Å². The number of aliphatic carboxylic acids is 1. The van der Waals surface area contributed by atoms with Gasteiger partial charge >= 0.3 is 11.9 Å². The number of carboxylic acid groups (broad SMARTS) is 1. The summed E-state index contributed by atoms with van der Waals surface area (Å²) in [7, 11) is 0. The van der Waals surface area contributed by atoms with E-state index in [-0.39, 0.29) is 23.7 Å². The molecule has 1 N–H and O–H groups in total. The van der Waals surface area contributed by atoms with Crippen LogP contribution in [0.25, 0.3) is 6.08 Å². The molecule has 1 aliphatic heterocycles. The van der Waals surface area contributed by atoms with Crippen molar-refractivity contribution in [2.24, 2.45) is 11.8 Å². The topological polar surface area (TPSA) is 83.9 Å². The van der Waals surface area contributed by atoms with Gasteiger partial charge in [-0.1, -0.05) is 55.7 Å². The van der Waals surface area contributed by atoms with Crippen LogP contribution in [0.1, 0.15) is 61.6 Å². The van der Waals surface area contributed by atoms with Crippen LogP contribution in [0.15, 0.2) is 54.6 Å². The fourth-order valence-corrected chi connectivity index (χ4v) is 5.00. The molecule has 1 saturated carbocycles. The van der Waals surface area contributed by atoms with Gasteiger partial charge in [0.2, 0.25) is 5.91 Å². The number of esters is 1. The number of amides is 1. The standard InChI is InChI=1S/C29H33NO5/c31-27(32)16-15-21-6-4-10-26(19-21)30(28(33)24-7-2-1-3-8-24)20-23-13-11-22(12-14-23)18-25-9-5-17-35-29(25)34/h4,6,10-16,19,24-25H,1-3,5,7-9,17-18,20H2,(H,31,32)/b16-15+. The van der Waals surface area contributed by atoms with Crippen molar-refractivity contribution in [3.8, 4) is 0 Å². The lowest BCUT2D eigenvalue weighted by Crippen LogP contribution is -2.36. The average Bonchev–Trinajstić information content (AvgIpc) is 2.88. The summed E-state index contributed by atoms with van der Waals surface area (Å²) in [6, 6.07) is 15.6. The van der Waals surface area contributed by atoms with Crippen molar-refractivity contribution < 1.29 is 24.2 Å². The fourth-order valence-electron chi connectivity index (χ4n) is 5.00. The summed E-state index contributed by atoms with van der Waals surface area (Å²) in [5, 5.41) is 8.97. The zero-order valence-corrected chi connectivity index (χ0v) is 20.0. The van der Waals surface area contributed by atoms with Gasteiger partial charge in [0.25, 0.3) is 0 Å². The summed E-state index contributed by atoms with van der Waals surface area (Å²) in [5.74, 6) is -1.06. The minimum atomic E-state index is -1.01. The maximum Gasteiger partial charge on any atom is 0.328 e. The molecule has 2 aliphatic rings. The molecule has 6 nitrogen and oxygen atoms in total. The molecule has 0 spiro atoms. The lowest BCUT2D eigenvalue weighted by molar-refractivity contribution is -0.152. The Balaban J connectivity index is 1.53. The molecule has 1 unspecified atom stereocenters. The van der Waals surface area contributed by atoms with Crippen molar-refractivity contribution in [3.63, 3.8) is 0 Å². The van der Waals surface area contributed by atoms with Crippen molar-refractivity contribution in [1.82, 2.24) is 0 Å². The molecule has 2 fully saturated rings. The molecule has 2 aromatic rings. The molecule has 2 aromatic carbocycles. The molecule has 6 heteroatoms. The van der Waals surface area contributed by atoms with Gasteiger partial charge in [-0.15, -0.1) is 0 Å². The second kappa shape index (κ2) is 11.8. The zero-order valence-electron chi connectivity index (χ0n) is 20.0. The van der Waals surface area contributed by atoms with Gasteiger partial charge in [-0.05, 0) is 67.0 Å². The molecular formula is C29H33NO5. The fraction of sp³-hybridized carbons (Fsp3) is 0.414. The first-order chi connectivity index (χ1) is 17.0. The van der Waals surface area contributed by atoms with Crippen LogP contribution in [-0.2, 0) is 32.1 Å². The Morgan fingerprint density at radius 3 is 2.43 bits per heavy atom. The molecule has 0 radical (unpaired) electrons. The number of hydrogen-bond acceptors (Lipinski definition) is 4. The van der Waals surface area contributed by atoms with Crippen LogP contribution >= 0.6 is 0 Å². The minimum absolute atomic E-state index is 0.0126. The van der Waals surface area contributed by atoms with E-state index in [1.54, 1.807) is 6.08 Å². The molecule has 1 aliphatic carbocycles. The van der Waals surface area contributed by atoms with Gasteiger partial charge in [0, 0.05) is 17.7 Å². The van der Waals surface area contributed by atoms with Crippen molar-refractivity contribution in [2.45, 2.75) is 57.9 Å². The monoisotopic (exact) mass is 475 g/mol. The summed E-state index contributed by atoms with van der Waals surface area (Å²) in [6.45, 7) is 0.958. The third-order valence-corrected chi connectivity index (χ3v) is 6.94. The summed E-state index contributed by atoms with van der Waals surface area (Å²) in [5.41, 5.74) is 3.60. The van der Waals surface area contributed by atoms with Gasteiger partial charge in [-0.25, -0.2) is 4.79 Å². The molecule has 1 atom stereocenters. The number of ether oxygens (including phenoxy) is 1. The number of anilines is 1. The van der Waals surface area contributed by atoms with Crippen molar-refractivity contribution >= 4 is 29.6 Å². The zero-order chi connectivity index (χ0) is 24.6. The second-order valence-corrected chi connectivity index (χ2v) is 9.55. The van der Waals surface area contributed by atoms with E-state index in [2.05, 4.69) is 0 Å². The van der Waals surface area contributed by atoms with Gasteiger partial charge in [-0.2, -0.15) is 0 Å². The van der Waals surface area contributed by atoms with Gasteiger partial charge in [0.15, 0.2) is 0 Å². The second-order valence-electron chi connectivity index (χ2n) is 9.55. The third kappa shape index (κ3) is 6.81. The quantitative estimate of drug-likeness (QED) is 0.409. The third-order valence-electron chi connectivity index (χ3n) is 6.94. The van der Waals surface area contributed by atoms with Crippen LogP contribution in [0.3, 0.4) is 0 Å². The predicted molar refractivity (Wildman–Crippen MR) is 135 cm³/mol. The number of carbonyl (C=O) groups is 3. The van der Waals surface area contributed by atoms with Crippen LogP contribution in [0.4, 0.5) is 5.69 Å². The predicted octanol–water partition coefficient (Wildman–Crippen LogP) is 5.39. The SMILES string of the molecule is O=C(O)/C=C/c1cccc(N(Cc2ccc(CC3CCCOC3=O)cc2)C(=O)C2CCCCC2)c1. The normalized spacial score (nSPS) is 18.9. The Bertz CT molecular complexity index is 1070. The van der Waals surface area contributed by atoms with Gasteiger partial charge in [0.1, 0.15) is 0 Å². The average molecular weight is 476 g/mol. The summed E-state index contributed by atoms with van der Waals surface area (Å²) in [6.07, 6.45) is 10.2. The lowest BCUT2D eigenvalue weighted by Gasteiger charge is -2.30. The molecule has 0 aromatic heterocycles.